The third-order valence-corrected chi connectivity index (χ3v) is 5.09. The summed E-state index contributed by atoms with van der Waals surface area (Å²) >= 11 is 0. The van der Waals surface area contributed by atoms with E-state index in [4.69, 9.17) is 0 Å². The lowest BCUT2D eigenvalue weighted by Crippen LogP contribution is -2.31. The van der Waals surface area contributed by atoms with Gasteiger partial charge in [-0.2, -0.15) is 13.2 Å². The monoisotopic (exact) mass is 410 g/mol. The van der Waals surface area contributed by atoms with Crippen LogP contribution in [0.3, 0.4) is 0 Å². The van der Waals surface area contributed by atoms with Crippen LogP contribution in [0, 0.1) is 5.82 Å². The highest BCUT2D eigenvalue weighted by atomic mass is 19.4. The van der Waals surface area contributed by atoms with Crippen molar-refractivity contribution in [3.05, 3.63) is 41.8 Å². The van der Waals surface area contributed by atoms with E-state index in [9.17, 15) is 27.8 Å². The first-order valence-electron chi connectivity index (χ1n) is 9.12. The Morgan fingerprint density at radius 2 is 1.93 bits per heavy atom. The Morgan fingerprint density at radius 1 is 1.14 bits per heavy atom. The van der Waals surface area contributed by atoms with Crippen LogP contribution in [0.5, 0.6) is 5.75 Å². The van der Waals surface area contributed by atoms with Crippen molar-refractivity contribution >= 4 is 11.5 Å². The Hall–Kier alpha value is -2.88. The molecule has 3 N–H and O–H groups in total. The fourth-order valence-corrected chi connectivity index (χ4v) is 3.67. The molecule has 2 atom stereocenters. The first-order valence-corrected chi connectivity index (χ1v) is 9.12. The van der Waals surface area contributed by atoms with Crippen molar-refractivity contribution in [1.82, 2.24) is 14.6 Å². The molecule has 0 unspecified atom stereocenters. The molecule has 10 heteroatoms. The van der Waals surface area contributed by atoms with Gasteiger partial charge in [-0.05, 0) is 49.9 Å². The molecule has 29 heavy (non-hydrogen) atoms. The number of nitrogens with zero attached hydrogens (tertiary/aromatic N) is 3. The second-order valence-electron chi connectivity index (χ2n) is 7.15. The van der Waals surface area contributed by atoms with Gasteiger partial charge >= 0.3 is 6.18 Å². The first kappa shape index (κ1) is 19.4. The summed E-state index contributed by atoms with van der Waals surface area (Å²) < 4.78 is 54.4. The highest BCUT2D eigenvalue weighted by molar-refractivity contribution is 5.81. The Bertz CT molecular complexity index is 1050. The molecule has 1 saturated carbocycles. The molecule has 4 rings (SSSR count). The zero-order valence-electron chi connectivity index (χ0n) is 15.1. The van der Waals surface area contributed by atoms with Crippen molar-refractivity contribution in [2.75, 3.05) is 5.32 Å². The van der Waals surface area contributed by atoms with Crippen molar-refractivity contribution in [2.24, 2.45) is 0 Å². The summed E-state index contributed by atoms with van der Waals surface area (Å²) in [7, 11) is 0. The molecule has 1 aliphatic rings. The SMILES string of the molecule is Oc1cc(C(F)(F)F)ccc1-c1nnc(N[C@@H]2CCC[C@H](O)C2)n2ccc(F)c12. The summed E-state index contributed by atoms with van der Waals surface area (Å²) in [5.74, 6) is -1.08. The van der Waals surface area contributed by atoms with E-state index in [1.54, 1.807) is 0 Å². The van der Waals surface area contributed by atoms with Crippen LogP contribution in [0.25, 0.3) is 16.8 Å². The Kier molecular flexibility index (Phi) is 4.81. The second kappa shape index (κ2) is 7.18. The van der Waals surface area contributed by atoms with Crippen LogP contribution in [-0.4, -0.2) is 37.0 Å². The van der Waals surface area contributed by atoms with Gasteiger partial charge in [-0.15, -0.1) is 10.2 Å². The summed E-state index contributed by atoms with van der Waals surface area (Å²) in [6.07, 6.45) is -0.716. The highest BCUT2D eigenvalue weighted by Gasteiger charge is 2.31. The maximum Gasteiger partial charge on any atom is 0.416 e. The number of halogens is 4. The first-order chi connectivity index (χ1) is 13.7. The van der Waals surface area contributed by atoms with Gasteiger partial charge in [-0.25, -0.2) is 4.39 Å². The standard InChI is InChI=1S/C19H18F4N4O2/c20-14-6-7-27-17(14)16(13-5-4-10(8-15(13)29)19(21,22)23)25-26-18(27)24-11-2-1-3-12(28)9-11/h4-8,11-12,28-29H,1-3,9H2,(H,24,26)/t11-,12+/m1/s1. The molecule has 3 aromatic rings. The van der Waals surface area contributed by atoms with E-state index >= 15 is 0 Å². The molecule has 6 nitrogen and oxygen atoms in total. The molecular weight excluding hydrogens is 392 g/mol. The summed E-state index contributed by atoms with van der Waals surface area (Å²) in [6, 6.07) is 3.53. The van der Waals surface area contributed by atoms with E-state index in [-0.39, 0.29) is 28.8 Å². The van der Waals surface area contributed by atoms with Gasteiger partial charge in [0.2, 0.25) is 5.95 Å². The summed E-state index contributed by atoms with van der Waals surface area (Å²) in [5, 5.41) is 31.1. The zero-order valence-corrected chi connectivity index (χ0v) is 15.1. The average Bonchev–Trinajstić information content (AvgIpc) is 3.04. The average molecular weight is 410 g/mol. The number of phenols is 1. The Labute approximate surface area is 162 Å². The number of aliphatic hydroxyl groups excluding tert-OH is 1. The van der Waals surface area contributed by atoms with Crippen LogP contribution >= 0.6 is 0 Å². The molecule has 2 heterocycles. The van der Waals surface area contributed by atoms with Crippen molar-refractivity contribution in [3.8, 4) is 17.0 Å². The number of hydrogen-bond donors (Lipinski definition) is 3. The van der Waals surface area contributed by atoms with E-state index in [0.717, 1.165) is 31.4 Å². The Morgan fingerprint density at radius 3 is 2.62 bits per heavy atom. The third-order valence-electron chi connectivity index (χ3n) is 5.09. The number of aromatic hydroxyl groups is 1. The molecular formula is C19H18F4N4O2. The lowest BCUT2D eigenvalue weighted by atomic mass is 9.93. The molecule has 0 radical (unpaired) electrons. The maximum atomic E-state index is 14.5. The number of alkyl halides is 3. The van der Waals surface area contributed by atoms with Crippen LogP contribution in [0.4, 0.5) is 23.5 Å². The van der Waals surface area contributed by atoms with Crippen LogP contribution in [0.15, 0.2) is 30.5 Å². The lowest BCUT2D eigenvalue weighted by Gasteiger charge is -2.27. The van der Waals surface area contributed by atoms with Crippen molar-refractivity contribution in [2.45, 2.75) is 44.0 Å². The van der Waals surface area contributed by atoms with E-state index in [1.807, 2.05) is 0 Å². The Balaban J connectivity index is 1.75. The molecule has 1 aromatic carbocycles. The highest BCUT2D eigenvalue weighted by Crippen LogP contribution is 2.38. The molecule has 1 fully saturated rings. The molecule has 154 valence electrons. The number of phenolic OH excluding ortho intramolecular Hbond substituents is 1. The van der Waals surface area contributed by atoms with Gasteiger partial charge in [0.05, 0.1) is 11.7 Å². The fraction of sp³-hybridized carbons (Fsp3) is 0.368. The number of hydrogen-bond acceptors (Lipinski definition) is 5. The van der Waals surface area contributed by atoms with Gasteiger partial charge in [-0.1, -0.05) is 0 Å². The number of fused-ring (bicyclic) bond motifs is 1. The number of aliphatic hydroxyl groups is 1. The van der Waals surface area contributed by atoms with E-state index in [0.29, 0.717) is 12.5 Å². The number of benzene rings is 1. The largest absolute Gasteiger partial charge is 0.507 e. The van der Waals surface area contributed by atoms with Gasteiger partial charge in [0.1, 0.15) is 17.0 Å². The lowest BCUT2D eigenvalue weighted by molar-refractivity contribution is -0.137. The van der Waals surface area contributed by atoms with Gasteiger partial charge in [0.25, 0.3) is 0 Å². The molecule has 0 aliphatic heterocycles. The summed E-state index contributed by atoms with van der Waals surface area (Å²) in [6.45, 7) is 0. The minimum Gasteiger partial charge on any atom is -0.507 e. The van der Waals surface area contributed by atoms with Gasteiger partial charge in [0, 0.05) is 17.8 Å². The summed E-state index contributed by atoms with van der Waals surface area (Å²) in [5.41, 5.74) is -1.18. The smallest absolute Gasteiger partial charge is 0.416 e. The van der Waals surface area contributed by atoms with E-state index in [2.05, 4.69) is 15.5 Å². The van der Waals surface area contributed by atoms with E-state index < -0.39 is 29.4 Å². The van der Waals surface area contributed by atoms with Gasteiger partial charge in [0.15, 0.2) is 5.82 Å². The number of anilines is 1. The van der Waals surface area contributed by atoms with Crippen LogP contribution in [0.1, 0.15) is 31.2 Å². The minimum atomic E-state index is -4.62. The molecule has 0 bridgehead atoms. The van der Waals surface area contributed by atoms with Crippen molar-refractivity contribution in [3.63, 3.8) is 0 Å². The maximum absolute atomic E-state index is 14.5. The summed E-state index contributed by atoms with van der Waals surface area (Å²) in [4.78, 5) is 0. The topological polar surface area (TPSA) is 82.7 Å². The predicted molar refractivity (Wildman–Crippen MR) is 96.9 cm³/mol. The van der Waals surface area contributed by atoms with Crippen LogP contribution in [0.2, 0.25) is 0 Å². The predicted octanol–water partition coefficient (Wildman–Crippen LogP) is 3.98. The van der Waals surface area contributed by atoms with Crippen molar-refractivity contribution in [1.29, 1.82) is 0 Å². The van der Waals surface area contributed by atoms with Gasteiger partial charge in [-0.3, -0.25) is 4.40 Å². The molecule has 0 spiro atoms. The molecule has 0 saturated heterocycles. The minimum absolute atomic E-state index is 0.0195. The van der Waals surface area contributed by atoms with Gasteiger partial charge < -0.3 is 15.5 Å². The second-order valence-corrected chi connectivity index (χ2v) is 7.15. The van der Waals surface area contributed by atoms with Crippen molar-refractivity contribution < 1.29 is 27.8 Å². The quantitative estimate of drug-likeness (QED) is 0.569. The number of nitrogens with one attached hydrogen (secondary N) is 1. The number of rotatable bonds is 3. The van der Waals surface area contributed by atoms with Crippen LogP contribution < -0.4 is 5.32 Å². The van der Waals surface area contributed by atoms with Crippen LogP contribution in [-0.2, 0) is 6.18 Å². The van der Waals surface area contributed by atoms with E-state index in [1.165, 1.54) is 16.7 Å². The third kappa shape index (κ3) is 3.71. The zero-order chi connectivity index (χ0) is 20.8. The molecule has 0 amide bonds. The molecule has 2 aromatic heterocycles. The number of aromatic nitrogens is 3. The molecule has 1 aliphatic carbocycles. The normalized spacial score (nSPS) is 20.2. The fourth-order valence-electron chi connectivity index (χ4n) is 3.67.